The fourth-order valence-corrected chi connectivity index (χ4v) is 5.96. The highest BCUT2D eigenvalue weighted by molar-refractivity contribution is 5.72. The van der Waals surface area contributed by atoms with E-state index >= 15 is 0 Å². The Morgan fingerprint density at radius 2 is 0.952 bits per heavy atom. The summed E-state index contributed by atoms with van der Waals surface area (Å²) in [5.41, 5.74) is 5.65. The quantitative estimate of drug-likeness (QED) is 0.0522. The molecule has 0 aliphatic rings. The summed E-state index contributed by atoms with van der Waals surface area (Å²) in [5.74, 6) is 0. The second-order valence-corrected chi connectivity index (χ2v) is 12.8. The van der Waals surface area contributed by atoms with E-state index in [2.05, 4.69) is 26.0 Å². The maximum atomic E-state index is 12.1. The number of carbonyl (C=O) groups is 1. The largest absolute Gasteiger partial charge is 0.394 e. The molecule has 0 rings (SSSR count). The molecule has 0 heterocycles. The average Bonchev–Trinajstić information content (AvgIpc) is 2.98. The zero-order valence-electron chi connectivity index (χ0n) is 28.3. The third-order valence-electron chi connectivity index (χ3n) is 8.83. The van der Waals surface area contributed by atoms with Crippen LogP contribution < -0.4 is 5.73 Å². The van der Waals surface area contributed by atoms with E-state index in [1.54, 1.807) is 0 Å². The van der Waals surface area contributed by atoms with E-state index in [1.807, 2.05) is 0 Å². The van der Waals surface area contributed by atoms with Gasteiger partial charge in [-0.2, -0.15) is 0 Å². The molecule has 0 spiro atoms. The van der Waals surface area contributed by atoms with Crippen molar-refractivity contribution in [2.75, 3.05) is 13.2 Å². The minimum Gasteiger partial charge on any atom is -0.394 e. The van der Waals surface area contributed by atoms with Gasteiger partial charge in [-0.1, -0.05) is 167 Å². The number of aliphatic hydroxyl groups excluding tert-OH is 2. The molecule has 5 heteroatoms. The summed E-state index contributed by atoms with van der Waals surface area (Å²) in [6.45, 7) is 4.80. The SMILES string of the molecule is CCCCCCCC/C=C\CCCCCCCCN(C(N)=O)C(CO)C(O)CCCCCCCCCCCCCCC. The molecule has 0 aromatic rings. The monoisotopic (exact) mass is 595 g/mol. The van der Waals surface area contributed by atoms with Gasteiger partial charge in [0, 0.05) is 6.54 Å². The number of allylic oxidation sites excluding steroid dienone is 2. The van der Waals surface area contributed by atoms with Crippen LogP contribution in [0.15, 0.2) is 12.2 Å². The average molecular weight is 595 g/mol. The van der Waals surface area contributed by atoms with Gasteiger partial charge < -0.3 is 20.8 Å². The molecule has 250 valence electrons. The van der Waals surface area contributed by atoms with Gasteiger partial charge in [0.1, 0.15) is 0 Å². The first-order valence-corrected chi connectivity index (χ1v) is 18.6. The predicted molar refractivity (Wildman–Crippen MR) is 183 cm³/mol. The second kappa shape index (κ2) is 32.8. The lowest BCUT2D eigenvalue weighted by Crippen LogP contribution is -2.51. The predicted octanol–water partition coefficient (Wildman–Crippen LogP) is 10.6. The normalized spacial score (nSPS) is 13.1. The molecule has 42 heavy (non-hydrogen) atoms. The summed E-state index contributed by atoms with van der Waals surface area (Å²) < 4.78 is 0. The lowest BCUT2D eigenvalue weighted by Gasteiger charge is -2.32. The highest BCUT2D eigenvalue weighted by Crippen LogP contribution is 2.17. The first-order valence-electron chi connectivity index (χ1n) is 18.6. The molecule has 5 nitrogen and oxygen atoms in total. The number of hydrogen-bond acceptors (Lipinski definition) is 3. The number of urea groups is 1. The zero-order valence-corrected chi connectivity index (χ0v) is 28.3. The fraction of sp³-hybridized carbons (Fsp3) is 0.919. The lowest BCUT2D eigenvalue weighted by atomic mass is 10.0. The van der Waals surface area contributed by atoms with E-state index in [9.17, 15) is 15.0 Å². The van der Waals surface area contributed by atoms with Crippen molar-refractivity contribution in [3.05, 3.63) is 12.2 Å². The standard InChI is InChI=1S/C37H74N2O3/c1-3-5-7-9-11-13-15-17-18-19-21-23-25-27-29-31-33-39(37(38)42)35(34-40)36(41)32-30-28-26-24-22-20-16-14-12-10-8-6-4-2/h17-18,35-36,40-41H,3-16,19-34H2,1-2H3,(H2,38,42)/b18-17-. The number of carbonyl (C=O) groups excluding carboxylic acids is 1. The Morgan fingerprint density at radius 1 is 0.595 bits per heavy atom. The Bertz CT molecular complexity index is 583. The molecule has 0 saturated heterocycles. The van der Waals surface area contributed by atoms with Crippen molar-refractivity contribution in [3.8, 4) is 0 Å². The molecule has 4 N–H and O–H groups in total. The summed E-state index contributed by atoms with van der Waals surface area (Å²) in [6, 6.07) is -1.13. The summed E-state index contributed by atoms with van der Waals surface area (Å²) >= 11 is 0. The van der Waals surface area contributed by atoms with Gasteiger partial charge in [0.05, 0.1) is 18.8 Å². The Balaban J connectivity index is 3.83. The number of rotatable bonds is 33. The van der Waals surface area contributed by atoms with E-state index in [0.717, 1.165) is 32.1 Å². The third-order valence-corrected chi connectivity index (χ3v) is 8.83. The fourth-order valence-electron chi connectivity index (χ4n) is 5.96. The molecule has 0 aromatic heterocycles. The van der Waals surface area contributed by atoms with Crippen molar-refractivity contribution in [1.82, 2.24) is 4.90 Å². The Morgan fingerprint density at radius 3 is 1.33 bits per heavy atom. The molecule has 2 unspecified atom stereocenters. The van der Waals surface area contributed by atoms with Gasteiger partial charge in [0.2, 0.25) is 0 Å². The summed E-state index contributed by atoms with van der Waals surface area (Å²) in [5, 5.41) is 20.7. The third kappa shape index (κ3) is 26.5. The molecular formula is C37H74N2O3. The van der Waals surface area contributed by atoms with Crippen LogP contribution in [-0.2, 0) is 0 Å². The molecule has 0 fully saturated rings. The summed E-state index contributed by atoms with van der Waals surface area (Å²) in [4.78, 5) is 13.6. The topological polar surface area (TPSA) is 86.8 Å². The van der Waals surface area contributed by atoms with Crippen LogP contribution in [0.2, 0.25) is 0 Å². The van der Waals surface area contributed by atoms with Crippen molar-refractivity contribution in [1.29, 1.82) is 0 Å². The van der Waals surface area contributed by atoms with Crippen LogP contribution in [0.3, 0.4) is 0 Å². The lowest BCUT2D eigenvalue weighted by molar-refractivity contribution is 0.0283. The molecule has 0 radical (unpaired) electrons. The Kier molecular flexibility index (Phi) is 32.0. The van der Waals surface area contributed by atoms with Gasteiger partial charge in [-0.05, 0) is 38.5 Å². The van der Waals surface area contributed by atoms with Crippen molar-refractivity contribution < 1.29 is 15.0 Å². The first kappa shape index (κ1) is 40.9. The molecular weight excluding hydrogens is 520 g/mol. The van der Waals surface area contributed by atoms with Gasteiger partial charge in [-0.25, -0.2) is 4.79 Å². The van der Waals surface area contributed by atoms with Crippen LogP contribution in [-0.4, -0.2) is 46.4 Å². The number of primary amides is 1. The molecule has 2 amide bonds. The molecule has 2 atom stereocenters. The van der Waals surface area contributed by atoms with Gasteiger partial charge in [-0.3, -0.25) is 0 Å². The number of aliphatic hydroxyl groups is 2. The van der Waals surface area contributed by atoms with Crippen LogP contribution in [0.25, 0.3) is 0 Å². The van der Waals surface area contributed by atoms with Crippen LogP contribution in [0.1, 0.15) is 194 Å². The molecule has 0 saturated carbocycles. The summed E-state index contributed by atoms with van der Waals surface area (Å²) in [6.07, 6.45) is 38.7. The first-order chi connectivity index (χ1) is 20.6. The number of unbranched alkanes of at least 4 members (excludes halogenated alkanes) is 24. The van der Waals surface area contributed by atoms with E-state index in [-0.39, 0.29) is 6.61 Å². The van der Waals surface area contributed by atoms with Crippen molar-refractivity contribution in [3.63, 3.8) is 0 Å². The molecule has 0 aliphatic heterocycles. The smallest absolute Gasteiger partial charge is 0.315 e. The molecule has 0 bridgehead atoms. The van der Waals surface area contributed by atoms with E-state index < -0.39 is 18.2 Å². The van der Waals surface area contributed by atoms with E-state index in [1.165, 1.54) is 146 Å². The molecule has 0 aliphatic carbocycles. The van der Waals surface area contributed by atoms with Crippen LogP contribution in [0.4, 0.5) is 4.79 Å². The Hall–Kier alpha value is -1.07. The van der Waals surface area contributed by atoms with E-state index in [0.29, 0.717) is 13.0 Å². The van der Waals surface area contributed by atoms with Crippen LogP contribution in [0.5, 0.6) is 0 Å². The minimum atomic E-state index is -0.718. The van der Waals surface area contributed by atoms with Gasteiger partial charge >= 0.3 is 6.03 Å². The van der Waals surface area contributed by atoms with E-state index in [4.69, 9.17) is 5.73 Å². The van der Waals surface area contributed by atoms with Gasteiger partial charge in [0.25, 0.3) is 0 Å². The minimum absolute atomic E-state index is 0.241. The highest BCUT2D eigenvalue weighted by atomic mass is 16.3. The second-order valence-electron chi connectivity index (χ2n) is 12.8. The van der Waals surface area contributed by atoms with Crippen LogP contribution >= 0.6 is 0 Å². The van der Waals surface area contributed by atoms with Crippen molar-refractivity contribution >= 4 is 6.03 Å². The van der Waals surface area contributed by atoms with Crippen LogP contribution in [0, 0.1) is 0 Å². The number of amides is 2. The highest BCUT2D eigenvalue weighted by Gasteiger charge is 2.27. The van der Waals surface area contributed by atoms with Gasteiger partial charge in [0.15, 0.2) is 0 Å². The Labute approximate surface area is 262 Å². The van der Waals surface area contributed by atoms with Crippen molar-refractivity contribution in [2.24, 2.45) is 5.73 Å². The maximum absolute atomic E-state index is 12.1. The van der Waals surface area contributed by atoms with Crippen molar-refractivity contribution in [2.45, 2.75) is 206 Å². The van der Waals surface area contributed by atoms with Gasteiger partial charge in [-0.15, -0.1) is 0 Å². The maximum Gasteiger partial charge on any atom is 0.315 e. The zero-order chi connectivity index (χ0) is 30.9. The molecule has 0 aromatic carbocycles. The number of nitrogens with two attached hydrogens (primary N) is 1. The summed E-state index contributed by atoms with van der Waals surface area (Å²) in [7, 11) is 0. The number of nitrogens with zero attached hydrogens (tertiary/aromatic N) is 1. The number of hydrogen-bond donors (Lipinski definition) is 3.